The van der Waals surface area contributed by atoms with Crippen molar-refractivity contribution in [3.63, 3.8) is 0 Å². The zero-order chi connectivity index (χ0) is 15.6. The van der Waals surface area contributed by atoms with Crippen LogP contribution in [0.3, 0.4) is 0 Å². The highest BCUT2D eigenvalue weighted by molar-refractivity contribution is 7.90. The molecule has 9 heteroatoms. The number of halogens is 1. The molecule has 22 heavy (non-hydrogen) atoms. The molecule has 0 bridgehead atoms. The highest BCUT2D eigenvalue weighted by Crippen LogP contribution is 2.15. The van der Waals surface area contributed by atoms with Gasteiger partial charge in [0.15, 0.2) is 4.80 Å². The molecule has 1 aromatic heterocycles. The standard InChI is InChI=1S/C13H17N3O3S2.ClH/c1-16-10-5-3-4-6-11(10)20-13(16)15-12(17)9(14)7-8-21(2,18)19;/h3-6,9H,7-8,14H2,1-2H3;1H. The average molecular weight is 364 g/mol. The van der Waals surface area contributed by atoms with Gasteiger partial charge < -0.3 is 10.3 Å². The van der Waals surface area contributed by atoms with Crippen molar-refractivity contribution in [2.45, 2.75) is 12.5 Å². The number of carbonyl (C=O) groups excluding carboxylic acids is 1. The molecule has 0 aliphatic rings. The molecule has 0 aliphatic carbocycles. The summed E-state index contributed by atoms with van der Waals surface area (Å²) in [5.41, 5.74) is 6.69. The first-order valence-electron chi connectivity index (χ1n) is 6.34. The van der Waals surface area contributed by atoms with E-state index in [1.54, 1.807) is 0 Å². The first-order chi connectivity index (χ1) is 9.78. The minimum atomic E-state index is -3.13. The van der Waals surface area contributed by atoms with Crippen molar-refractivity contribution >= 4 is 49.7 Å². The Kier molecular flexibility index (Phi) is 6.30. The number of benzene rings is 1. The van der Waals surface area contributed by atoms with E-state index in [1.165, 1.54) is 11.3 Å². The molecule has 0 saturated carbocycles. The van der Waals surface area contributed by atoms with Crippen molar-refractivity contribution in [2.24, 2.45) is 17.8 Å². The second-order valence-electron chi connectivity index (χ2n) is 4.89. The number of rotatable bonds is 4. The first kappa shape index (κ1) is 18.8. The summed E-state index contributed by atoms with van der Waals surface area (Å²) in [4.78, 5) is 16.5. The van der Waals surface area contributed by atoms with Crippen LogP contribution in [0.4, 0.5) is 0 Å². The molecule has 1 unspecified atom stereocenters. The van der Waals surface area contributed by atoms with E-state index in [9.17, 15) is 13.2 Å². The Balaban J connectivity index is 0.00000242. The Morgan fingerprint density at radius 1 is 1.41 bits per heavy atom. The number of nitrogens with zero attached hydrogens (tertiary/aromatic N) is 2. The minimum absolute atomic E-state index is 0. The Morgan fingerprint density at radius 2 is 2.05 bits per heavy atom. The fourth-order valence-electron chi connectivity index (χ4n) is 1.83. The third-order valence-electron chi connectivity index (χ3n) is 3.04. The molecular formula is C13H18ClN3O3S2. The lowest BCUT2D eigenvalue weighted by molar-refractivity contribution is -0.119. The van der Waals surface area contributed by atoms with Crippen molar-refractivity contribution in [1.29, 1.82) is 0 Å². The third kappa shape index (κ3) is 4.64. The summed E-state index contributed by atoms with van der Waals surface area (Å²) in [6, 6.07) is 6.83. The van der Waals surface area contributed by atoms with Gasteiger partial charge in [-0.3, -0.25) is 4.79 Å². The molecule has 1 atom stereocenters. The molecular weight excluding hydrogens is 346 g/mol. The van der Waals surface area contributed by atoms with E-state index in [4.69, 9.17) is 5.73 Å². The van der Waals surface area contributed by atoms with Crippen LogP contribution in [0, 0.1) is 0 Å². The molecule has 6 nitrogen and oxygen atoms in total. The van der Waals surface area contributed by atoms with Gasteiger partial charge in [0.25, 0.3) is 5.91 Å². The van der Waals surface area contributed by atoms with Gasteiger partial charge in [0, 0.05) is 13.3 Å². The van der Waals surface area contributed by atoms with Crippen LogP contribution in [0.1, 0.15) is 6.42 Å². The number of hydrogen-bond acceptors (Lipinski definition) is 5. The molecule has 2 rings (SSSR count). The van der Waals surface area contributed by atoms with Crippen LogP contribution in [0.15, 0.2) is 29.3 Å². The lowest BCUT2D eigenvalue weighted by Crippen LogP contribution is -2.33. The van der Waals surface area contributed by atoms with E-state index in [1.807, 2.05) is 35.9 Å². The quantitative estimate of drug-likeness (QED) is 0.871. The third-order valence-corrected chi connectivity index (χ3v) is 5.13. The van der Waals surface area contributed by atoms with Gasteiger partial charge in [0.1, 0.15) is 9.84 Å². The molecule has 0 radical (unpaired) electrons. The van der Waals surface area contributed by atoms with Crippen LogP contribution in [-0.2, 0) is 21.7 Å². The van der Waals surface area contributed by atoms with Crippen LogP contribution in [0.2, 0.25) is 0 Å². The summed E-state index contributed by atoms with van der Waals surface area (Å²) in [5.74, 6) is -0.616. The maximum Gasteiger partial charge on any atom is 0.265 e. The van der Waals surface area contributed by atoms with Crippen LogP contribution >= 0.6 is 23.7 Å². The molecule has 1 aromatic carbocycles. The molecule has 0 spiro atoms. The first-order valence-corrected chi connectivity index (χ1v) is 9.22. The number of thiazole rings is 1. The Hall–Kier alpha value is -1.22. The Morgan fingerprint density at radius 3 is 2.64 bits per heavy atom. The zero-order valence-corrected chi connectivity index (χ0v) is 14.7. The molecule has 2 N–H and O–H groups in total. The predicted molar refractivity (Wildman–Crippen MR) is 90.9 cm³/mol. The van der Waals surface area contributed by atoms with Crippen molar-refractivity contribution in [2.75, 3.05) is 12.0 Å². The highest BCUT2D eigenvalue weighted by atomic mass is 35.5. The summed E-state index contributed by atoms with van der Waals surface area (Å²) in [6.07, 6.45) is 1.20. The second-order valence-corrected chi connectivity index (χ2v) is 8.16. The highest BCUT2D eigenvalue weighted by Gasteiger charge is 2.16. The lowest BCUT2D eigenvalue weighted by atomic mass is 10.2. The van der Waals surface area contributed by atoms with E-state index >= 15 is 0 Å². The van der Waals surface area contributed by atoms with Gasteiger partial charge in [0.05, 0.1) is 22.0 Å². The van der Waals surface area contributed by atoms with E-state index < -0.39 is 21.8 Å². The fourth-order valence-corrected chi connectivity index (χ4v) is 3.54. The Bertz CT molecular complexity index is 840. The number of aromatic nitrogens is 1. The number of para-hydroxylation sites is 1. The summed E-state index contributed by atoms with van der Waals surface area (Å²) < 4.78 is 25.0. The number of nitrogens with two attached hydrogens (primary N) is 1. The maximum absolute atomic E-state index is 12.0. The fraction of sp³-hybridized carbons (Fsp3) is 0.385. The summed E-state index contributed by atoms with van der Waals surface area (Å²) >= 11 is 1.39. The van der Waals surface area contributed by atoms with Crippen LogP contribution < -0.4 is 10.5 Å². The molecule has 1 heterocycles. The topological polar surface area (TPSA) is 94.5 Å². The van der Waals surface area contributed by atoms with Crippen molar-refractivity contribution in [3.8, 4) is 0 Å². The molecule has 1 amide bonds. The predicted octanol–water partition coefficient (Wildman–Crippen LogP) is 0.851. The normalized spacial score (nSPS) is 13.9. The van der Waals surface area contributed by atoms with Gasteiger partial charge in [-0.25, -0.2) is 8.42 Å². The van der Waals surface area contributed by atoms with E-state index in [-0.39, 0.29) is 24.6 Å². The van der Waals surface area contributed by atoms with E-state index in [0.29, 0.717) is 4.80 Å². The minimum Gasteiger partial charge on any atom is -0.320 e. The van der Waals surface area contributed by atoms with Crippen LogP contribution in [0.5, 0.6) is 0 Å². The largest absolute Gasteiger partial charge is 0.320 e. The van der Waals surface area contributed by atoms with Crippen LogP contribution in [0.25, 0.3) is 10.2 Å². The summed E-state index contributed by atoms with van der Waals surface area (Å²) in [5, 5.41) is 0. The number of fused-ring (bicyclic) bond motifs is 1. The lowest BCUT2D eigenvalue weighted by Gasteiger charge is -2.05. The second kappa shape index (κ2) is 7.36. The zero-order valence-electron chi connectivity index (χ0n) is 12.2. The Labute approximate surface area is 139 Å². The van der Waals surface area contributed by atoms with Crippen LogP contribution in [-0.4, -0.2) is 36.9 Å². The van der Waals surface area contributed by atoms with Gasteiger partial charge in [-0.05, 0) is 18.6 Å². The number of amides is 1. The van der Waals surface area contributed by atoms with Gasteiger partial charge in [-0.1, -0.05) is 23.5 Å². The number of carbonyl (C=O) groups is 1. The average Bonchev–Trinajstić information content (AvgIpc) is 2.72. The van der Waals surface area contributed by atoms with Gasteiger partial charge in [0.2, 0.25) is 0 Å². The van der Waals surface area contributed by atoms with Crippen molar-refractivity contribution < 1.29 is 13.2 Å². The number of hydrogen-bond donors (Lipinski definition) is 1. The molecule has 0 fully saturated rings. The molecule has 2 aromatic rings. The van der Waals surface area contributed by atoms with Crippen molar-refractivity contribution in [3.05, 3.63) is 29.1 Å². The molecule has 122 valence electrons. The maximum atomic E-state index is 12.0. The van der Waals surface area contributed by atoms with E-state index in [0.717, 1.165) is 16.5 Å². The molecule has 0 saturated heterocycles. The van der Waals surface area contributed by atoms with Gasteiger partial charge in [-0.2, -0.15) is 4.99 Å². The van der Waals surface area contributed by atoms with Crippen molar-refractivity contribution in [1.82, 2.24) is 4.57 Å². The number of aryl methyl sites for hydroxylation is 1. The summed E-state index contributed by atoms with van der Waals surface area (Å²) in [6.45, 7) is 0. The SMILES string of the molecule is Cl.Cn1c(=NC(=O)C(N)CCS(C)(=O)=O)sc2ccccc21. The van der Waals surface area contributed by atoms with Gasteiger partial charge >= 0.3 is 0 Å². The van der Waals surface area contributed by atoms with E-state index in [2.05, 4.69) is 4.99 Å². The number of sulfone groups is 1. The smallest absolute Gasteiger partial charge is 0.265 e. The monoisotopic (exact) mass is 363 g/mol. The van der Waals surface area contributed by atoms with Gasteiger partial charge in [-0.15, -0.1) is 12.4 Å². The summed E-state index contributed by atoms with van der Waals surface area (Å²) in [7, 11) is -1.30. The molecule has 0 aliphatic heterocycles.